The smallest absolute Gasteiger partial charge is 0.267 e. The van der Waals surface area contributed by atoms with Crippen LogP contribution in [0.25, 0.3) is 0 Å². The van der Waals surface area contributed by atoms with Crippen molar-refractivity contribution in [3.05, 3.63) is 34.3 Å². The van der Waals surface area contributed by atoms with Crippen LogP contribution in [0.5, 0.6) is 0 Å². The fraction of sp³-hybridized carbons (Fsp3) is 0.167. The van der Waals surface area contributed by atoms with Crippen LogP contribution in [0.2, 0.25) is 0 Å². The summed E-state index contributed by atoms with van der Waals surface area (Å²) in [7, 11) is 1.78. The summed E-state index contributed by atoms with van der Waals surface area (Å²) in [4.78, 5) is 12.5. The summed E-state index contributed by atoms with van der Waals surface area (Å²) in [5.74, 6) is 5.05. The minimum Gasteiger partial charge on any atom is -0.384 e. The van der Waals surface area contributed by atoms with Crippen LogP contribution in [0, 0.1) is 11.8 Å². The molecule has 0 unspecified atom stereocenters. The number of carbonyl (C=O) groups excluding carboxylic acids is 1. The lowest BCUT2D eigenvalue weighted by Gasteiger charge is -2.00. The number of amides is 1. The van der Waals surface area contributed by atoms with Crippen molar-refractivity contribution >= 4 is 22.9 Å². The van der Waals surface area contributed by atoms with Gasteiger partial charge in [0.25, 0.3) is 5.91 Å². The van der Waals surface area contributed by atoms with Crippen LogP contribution in [-0.4, -0.2) is 27.4 Å². The Bertz CT molecular complexity index is 619. The molecule has 0 saturated heterocycles. The van der Waals surface area contributed by atoms with Gasteiger partial charge in [-0.3, -0.25) is 9.48 Å². The summed E-state index contributed by atoms with van der Waals surface area (Å²) >= 11 is 1.31. The van der Waals surface area contributed by atoms with Gasteiger partial charge in [0.05, 0.1) is 11.9 Å². The third-order valence-electron chi connectivity index (χ3n) is 2.14. The average molecular weight is 261 g/mol. The maximum absolute atomic E-state index is 12.0. The van der Waals surface area contributed by atoms with E-state index in [0.29, 0.717) is 16.1 Å². The lowest BCUT2D eigenvalue weighted by Crippen LogP contribution is -2.10. The second kappa shape index (κ2) is 5.49. The van der Waals surface area contributed by atoms with E-state index in [-0.39, 0.29) is 12.5 Å². The Morgan fingerprint density at radius 3 is 3.17 bits per heavy atom. The summed E-state index contributed by atoms with van der Waals surface area (Å²) in [6, 6.07) is 1.76. The molecule has 92 valence electrons. The summed E-state index contributed by atoms with van der Waals surface area (Å²) in [5.41, 5.74) is 1.26. The molecule has 5 nitrogen and oxygen atoms in total. The highest BCUT2D eigenvalue weighted by Gasteiger charge is 2.12. The Labute approximate surface area is 108 Å². The van der Waals surface area contributed by atoms with Crippen molar-refractivity contribution in [2.75, 3.05) is 11.9 Å². The molecule has 0 aromatic carbocycles. The van der Waals surface area contributed by atoms with Crippen molar-refractivity contribution in [3.8, 4) is 11.8 Å². The van der Waals surface area contributed by atoms with E-state index in [4.69, 9.17) is 5.11 Å². The molecule has 2 heterocycles. The Morgan fingerprint density at radius 1 is 1.67 bits per heavy atom. The first-order valence-electron chi connectivity index (χ1n) is 5.18. The van der Waals surface area contributed by atoms with Gasteiger partial charge >= 0.3 is 0 Å². The van der Waals surface area contributed by atoms with Gasteiger partial charge < -0.3 is 10.4 Å². The Hall–Kier alpha value is -2.10. The zero-order valence-corrected chi connectivity index (χ0v) is 10.5. The summed E-state index contributed by atoms with van der Waals surface area (Å²) in [6.45, 7) is -0.223. The zero-order valence-electron chi connectivity index (χ0n) is 9.67. The molecule has 18 heavy (non-hydrogen) atoms. The largest absolute Gasteiger partial charge is 0.384 e. The minimum atomic E-state index is -0.223. The van der Waals surface area contributed by atoms with Gasteiger partial charge in [0.1, 0.15) is 11.5 Å². The Morgan fingerprint density at radius 2 is 2.50 bits per heavy atom. The highest BCUT2D eigenvalue weighted by Crippen LogP contribution is 2.17. The van der Waals surface area contributed by atoms with Crippen molar-refractivity contribution in [1.29, 1.82) is 0 Å². The number of aliphatic hydroxyl groups is 1. The number of nitrogens with zero attached hydrogens (tertiary/aromatic N) is 2. The van der Waals surface area contributed by atoms with Gasteiger partial charge in [-0.15, -0.1) is 11.3 Å². The van der Waals surface area contributed by atoms with Gasteiger partial charge in [0, 0.05) is 18.8 Å². The molecule has 2 N–H and O–H groups in total. The van der Waals surface area contributed by atoms with E-state index in [1.807, 2.05) is 0 Å². The second-order valence-corrected chi connectivity index (χ2v) is 4.40. The predicted octanol–water partition coefficient (Wildman–Crippen LogP) is 1.08. The van der Waals surface area contributed by atoms with Gasteiger partial charge in [0.15, 0.2) is 0 Å². The number of nitrogens with one attached hydrogen (secondary N) is 1. The van der Waals surface area contributed by atoms with Crippen molar-refractivity contribution in [2.45, 2.75) is 0 Å². The molecule has 6 heteroatoms. The fourth-order valence-electron chi connectivity index (χ4n) is 1.39. The number of aromatic nitrogens is 2. The SMILES string of the molecule is Cn1cc(NC(=O)c2sccc2C#CCO)cn1. The highest BCUT2D eigenvalue weighted by molar-refractivity contribution is 7.12. The predicted molar refractivity (Wildman–Crippen MR) is 69.4 cm³/mol. The standard InChI is InChI=1S/C12H11N3O2S/c1-15-8-10(7-13-15)14-12(17)11-9(3-2-5-16)4-6-18-11/h4,6-8,16H,5H2,1H3,(H,14,17). The lowest BCUT2D eigenvalue weighted by molar-refractivity contribution is 0.103. The normalized spacial score (nSPS) is 9.67. The van der Waals surface area contributed by atoms with Gasteiger partial charge in [-0.2, -0.15) is 5.10 Å². The quantitative estimate of drug-likeness (QED) is 0.795. The molecule has 1 amide bonds. The van der Waals surface area contributed by atoms with Crippen LogP contribution in [0.4, 0.5) is 5.69 Å². The van der Waals surface area contributed by atoms with E-state index in [2.05, 4.69) is 22.3 Å². The third kappa shape index (κ3) is 2.77. The van der Waals surface area contributed by atoms with Gasteiger partial charge in [-0.1, -0.05) is 11.8 Å². The maximum Gasteiger partial charge on any atom is 0.267 e. The second-order valence-electron chi connectivity index (χ2n) is 3.48. The molecule has 0 aliphatic rings. The molecule has 2 aromatic rings. The van der Waals surface area contributed by atoms with Crippen molar-refractivity contribution < 1.29 is 9.90 Å². The molecule has 0 bridgehead atoms. The third-order valence-corrected chi connectivity index (χ3v) is 3.05. The monoisotopic (exact) mass is 261 g/mol. The average Bonchev–Trinajstić information content (AvgIpc) is 2.95. The number of hydrogen-bond donors (Lipinski definition) is 2. The number of carbonyl (C=O) groups is 1. The maximum atomic E-state index is 12.0. The number of aliphatic hydroxyl groups excluding tert-OH is 1. The van der Waals surface area contributed by atoms with Crippen LogP contribution in [0.3, 0.4) is 0 Å². The molecule has 0 spiro atoms. The number of hydrogen-bond acceptors (Lipinski definition) is 4. The fourth-order valence-corrected chi connectivity index (χ4v) is 2.14. The van der Waals surface area contributed by atoms with Crippen LogP contribution in [0.1, 0.15) is 15.2 Å². The summed E-state index contributed by atoms with van der Waals surface area (Å²) in [5, 5.41) is 17.1. The first-order chi connectivity index (χ1) is 8.70. The number of anilines is 1. The van der Waals surface area contributed by atoms with Crippen LogP contribution in [0.15, 0.2) is 23.8 Å². The molecular weight excluding hydrogens is 250 g/mol. The Kier molecular flexibility index (Phi) is 3.77. The van der Waals surface area contributed by atoms with E-state index >= 15 is 0 Å². The molecular formula is C12H11N3O2S. The zero-order chi connectivity index (χ0) is 13.0. The van der Waals surface area contributed by atoms with Gasteiger partial charge in [-0.05, 0) is 11.4 Å². The lowest BCUT2D eigenvalue weighted by atomic mass is 10.2. The van der Waals surface area contributed by atoms with Gasteiger partial charge in [-0.25, -0.2) is 0 Å². The van der Waals surface area contributed by atoms with E-state index < -0.39 is 0 Å². The summed E-state index contributed by atoms with van der Waals surface area (Å²) in [6.07, 6.45) is 3.29. The van der Waals surface area contributed by atoms with E-state index in [1.165, 1.54) is 11.3 Å². The molecule has 0 radical (unpaired) electrons. The first kappa shape index (κ1) is 12.4. The Balaban J connectivity index is 2.16. The first-order valence-corrected chi connectivity index (χ1v) is 6.06. The minimum absolute atomic E-state index is 0.222. The van der Waals surface area contributed by atoms with E-state index in [0.717, 1.165) is 0 Å². The van der Waals surface area contributed by atoms with Crippen molar-refractivity contribution in [1.82, 2.24) is 9.78 Å². The van der Waals surface area contributed by atoms with Crippen LogP contribution >= 0.6 is 11.3 Å². The molecule has 0 atom stereocenters. The molecule has 0 aliphatic carbocycles. The van der Waals surface area contributed by atoms with E-state index in [9.17, 15) is 4.79 Å². The van der Waals surface area contributed by atoms with E-state index in [1.54, 1.807) is 35.6 Å². The number of aryl methyl sites for hydroxylation is 1. The molecule has 2 aromatic heterocycles. The van der Waals surface area contributed by atoms with Crippen LogP contribution in [-0.2, 0) is 7.05 Å². The van der Waals surface area contributed by atoms with Crippen molar-refractivity contribution in [3.63, 3.8) is 0 Å². The topological polar surface area (TPSA) is 67.2 Å². The van der Waals surface area contributed by atoms with Crippen LogP contribution < -0.4 is 5.32 Å². The van der Waals surface area contributed by atoms with Gasteiger partial charge in [0.2, 0.25) is 0 Å². The molecule has 0 fully saturated rings. The summed E-state index contributed by atoms with van der Waals surface area (Å²) < 4.78 is 1.61. The highest BCUT2D eigenvalue weighted by atomic mass is 32.1. The van der Waals surface area contributed by atoms with Crippen molar-refractivity contribution in [2.24, 2.45) is 7.05 Å². The number of rotatable bonds is 2. The molecule has 0 saturated carbocycles. The number of thiophene rings is 1. The molecule has 2 rings (SSSR count). The molecule has 0 aliphatic heterocycles.